The highest BCUT2D eigenvalue weighted by Crippen LogP contribution is 2.16. The lowest BCUT2D eigenvalue weighted by molar-refractivity contribution is 0.187. The van der Waals surface area contributed by atoms with Crippen LogP contribution < -0.4 is 11.2 Å². The van der Waals surface area contributed by atoms with Gasteiger partial charge >= 0.3 is 5.69 Å². The van der Waals surface area contributed by atoms with Gasteiger partial charge in [-0.1, -0.05) is 28.1 Å². The zero-order chi connectivity index (χ0) is 20.0. The molecule has 4 aromatic rings. The number of aromatic nitrogens is 5. The SMILES string of the molecule is COCCn1c(C)cn2c3c(=O)n(Cc4ccc(Br)cc4)c(=O)n(C)c3nc12. The molecule has 0 aliphatic carbocycles. The van der Waals surface area contributed by atoms with Gasteiger partial charge in [-0.2, -0.15) is 4.98 Å². The first-order chi connectivity index (χ1) is 13.4. The Labute approximate surface area is 168 Å². The number of hydrogen-bond acceptors (Lipinski definition) is 4. The molecule has 0 bridgehead atoms. The van der Waals surface area contributed by atoms with Crippen molar-refractivity contribution < 1.29 is 4.74 Å². The molecule has 0 unspecified atom stereocenters. The van der Waals surface area contributed by atoms with Gasteiger partial charge in [-0.05, 0) is 24.6 Å². The van der Waals surface area contributed by atoms with Gasteiger partial charge in [0, 0.05) is 37.1 Å². The normalized spacial score (nSPS) is 11.7. The van der Waals surface area contributed by atoms with Crippen molar-refractivity contribution in [2.75, 3.05) is 13.7 Å². The predicted molar refractivity (Wildman–Crippen MR) is 110 cm³/mol. The Hall–Kier alpha value is -2.65. The van der Waals surface area contributed by atoms with Crippen LogP contribution >= 0.6 is 15.9 Å². The summed E-state index contributed by atoms with van der Waals surface area (Å²) in [6.45, 7) is 3.30. The summed E-state index contributed by atoms with van der Waals surface area (Å²) in [7, 11) is 3.28. The number of methoxy groups -OCH3 is 1. The molecular formula is C19H20BrN5O3. The van der Waals surface area contributed by atoms with E-state index in [-0.39, 0.29) is 17.8 Å². The van der Waals surface area contributed by atoms with E-state index in [1.165, 1.54) is 9.13 Å². The fraction of sp³-hybridized carbons (Fsp3) is 0.316. The smallest absolute Gasteiger partial charge is 0.332 e. The third-order valence-electron chi connectivity index (χ3n) is 4.91. The van der Waals surface area contributed by atoms with Crippen molar-refractivity contribution in [1.82, 2.24) is 23.1 Å². The van der Waals surface area contributed by atoms with E-state index in [1.807, 2.05) is 42.0 Å². The number of imidazole rings is 2. The molecule has 3 aromatic heterocycles. The Morgan fingerprint density at radius 3 is 2.54 bits per heavy atom. The molecule has 0 atom stereocenters. The molecule has 28 heavy (non-hydrogen) atoms. The fourth-order valence-corrected chi connectivity index (χ4v) is 3.69. The number of ether oxygens (including phenoxy) is 1. The summed E-state index contributed by atoms with van der Waals surface area (Å²) in [6, 6.07) is 7.55. The number of halogens is 1. The number of rotatable bonds is 5. The van der Waals surface area contributed by atoms with Gasteiger partial charge in [0.05, 0.1) is 13.2 Å². The summed E-state index contributed by atoms with van der Waals surface area (Å²) in [6.07, 6.45) is 1.87. The van der Waals surface area contributed by atoms with E-state index in [0.717, 1.165) is 15.7 Å². The molecule has 0 spiro atoms. The number of nitrogens with zero attached hydrogens (tertiary/aromatic N) is 5. The van der Waals surface area contributed by atoms with E-state index in [4.69, 9.17) is 4.74 Å². The molecule has 9 heteroatoms. The summed E-state index contributed by atoms with van der Waals surface area (Å²) >= 11 is 3.40. The molecule has 1 aromatic carbocycles. The molecule has 146 valence electrons. The molecule has 0 aliphatic heterocycles. The van der Waals surface area contributed by atoms with Crippen LogP contribution in [0.4, 0.5) is 0 Å². The largest absolute Gasteiger partial charge is 0.383 e. The molecule has 0 radical (unpaired) electrons. The molecule has 0 saturated carbocycles. The molecule has 0 amide bonds. The second-order valence-corrected chi connectivity index (χ2v) is 7.64. The van der Waals surface area contributed by atoms with Crippen LogP contribution in [0.5, 0.6) is 0 Å². The summed E-state index contributed by atoms with van der Waals surface area (Å²) in [5, 5.41) is 0. The van der Waals surface area contributed by atoms with Crippen LogP contribution in [0.2, 0.25) is 0 Å². The lowest BCUT2D eigenvalue weighted by Gasteiger charge is -2.08. The Morgan fingerprint density at radius 2 is 1.86 bits per heavy atom. The molecule has 4 rings (SSSR count). The Balaban J connectivity index is 1.95. The number of aryl methyl sites for hydroxylation is 2. The van der Waals surface area contributed by atoms with Crippen LogP contribution in [0, 0.1) is 6.92 Å². The van der Waals surface area contributed by atoms with Crippen molar-refractivity contribution >= 4 is 32.9 Å². The minimum Gasteiger partial charge on any atom is -0.383 e. The third kappa shape index (κ3) is 2.91. The predicted octanol–water partition coefficient (Wildman–Crippen LogP) is 1.92. The zero-order valence-corrected chi connectivity index (χ0v) is 17.4. The highest BCUT2D eigenvalue weighted by Gasteiger charge is 2.20. The van der Waals surface area contributed by atoms with Crippen molar-refractivity contribution in [1.29, 1.82) is 0 Å². The molecule has 0 fully saturated rings. The van der Waals surface area contributed by atoms with Gasteiger partial charge in [0.2, 0.25) is 5.78 Å². The first-order valence-electron chi connectivity index (χ1n) is 8.83. The van der Waals surface area contributed by atoms with E-state index in [1.54, 1.807) is 18.6 Å². The van der Waals surface area contributed by atoms with Gasteiger partial charge in [0.15, 0.2) is 11.2 Å². The number of fused-ring (bicyclic) bond motifs is 3. The highest BCUT2D eigenvalue weighted by atomic mass is 79.9. The van der Waals surface area contributed by atoms with Crippen molar-refractivity contribution in [2.45, 2.75) is 20.0 Å². The second kappa shape index (κ2) is 7.06. The first-order valence-corrected chi connectivity index (χ1v) is 9.62. The maximum Gasteiger partial charge on any atom is 0.332 e. The van der Waals surface area contributed by atoms with Gasteiger partial charge in [-0.3, -0.25) is 18.3 Å². The summed E-state index contributed by atoms with van der Waals surface area (Å²) in [4.78, 5) is 30.6. The van der Waals surface area contributed by atoms with Crippen LogP contribution in [0.3, 0.4) is 0 Å². The molecule has 0 saturated heterocycles. The third-order valence-corrected chi connectivity index (χ3v) is 5.44. The van der Waals surface area contributed by atoms with E-state index < -0.39 is 0 Å². The van der Waals surface area contributed by atoms with Crippen LogP contribution in [-0.2, 0) is 24.9 Å². The van der Waals surface area contributed by atoms with E-state index >= 15 is 0 Å². The minimum absolute atomic E-state index is 0.200. The quantitative estimate of drug-likeness (QED) is 0.470. The highest BCUT2D eigenvalue weighted by molar-refractivity contribution is 9.10. The molecular weight excluding hydrogens is 426 g/mol. The van der Waals surface area contributed by atoms with Crippen LogP contribution in [-0.4, -0.2) is 36.8 Å². The minimum atomic E-state index is -0.388. The maximum absolute atomic E-state index is 13.2. The second-order valence-electron chi connectivity index (χ2n) is 6.73. The lowest BCUT2D eigenvalue weighted by Crippen LogP contribution is -2.39. The van der Waals surface area contributed by atoms with Crippen LogP contribution in [0.1, 0.15) is 11.3 Å². The Kier molecular flexibility index (Phi) is 4.72. The summed E-state index contributed by atoms with van der Waals surface area (Å²) in [5.41, 5.74) is 1.88. The average Bonchev–Trinajstić information content (AvgIpc) is 3.18. The molecule has 0 N–H and O–H groups in total. The molecule has 3 heterocycles. The molecule has 0 aliphatic rings. The van der Waals surface area contributed by atoms with E-state index in [2.05, 4.69) is 20.9 Å². The monoisotopic (exact) mass is 445 g/mol. The van der Waals surface area contributed by atoms with E-state index in [9.17, 15) is 9.59 Å². The molecule has 8 nitrogen and oxygen atoms in total. The first kappa shape index (κ1) is 18.7. The van der Waals surface area contributed by atoms with Gasteiger partial charge in [-0.25, -0.2) is 4.79 Å². The van der Waals surface area contributed by atoms with Crippen molar-refractivity contribution in [3.8, 4) is 0 Å². The van der Waals surface area contributed by atoms with Gasteiger partial charge in [0.25, 0.3) is 5.56 Å². The summed E-state index contributed by atoms with van der Waals surface area (Å²) < 4.78 is 12.5. The van der Waals surface area contributed by atoms with Gasteiger partial charge in [-0.15, -0.1) is 0 Å². The van der Waals surface area contributed by atoms with Crippen LogP contribution in [0.15, 0.2) is 44.5 Å². The zero-order valence-electron chi connectivity index (χ0n) is 15.8. The number of hydrogen-bond donors (Lipinski definition) is 0. The van der Waals surface area contributed by atoms with E-state index in [0.29, 0.717) is 30.1 Å². The summed E-state index contributed by atoms with van der Waals surface area (Å²) in [5.74, 6) is 0.623. The standard InChI is InChI=1S/C19H20BrN5O3/c1-12-10-24-15-16(21-18(24)23(12)8-9-28-3)22(2)19(27)25(17(15)26)11-13-4-6-14(20)7-5-13/h4-7,10H,8-9,11H2,1-3H3. The fourth-order valence-electron chi connectivity index (χ4n) is 3.43. The van der Waals surface area contributed by atoms with Gasteiger partial charge in [0.1, 0.15) is 0 Å². The number of benzene rings is 1. The van der Waals surface area contributed by atoms with Crippen LogP contribution in [0.25, 0.3) is 16.9 Å². The Morgan fingerprint density at radius 1 is 1.14 bits per heavy atom. The maximum atomic E-state index is 13.2. The Bertz CT molecular complexity index is 1290. The average molecular weight is 446 g/mol. The van der Waals surface area contributed by atoms with Crippen molar-refractivity contribution in [3.63, 3.8) is 0 Å². The lowest BCUT2D eigenvalue weighted by atomic mass is 10.2. The van der Waals surface area contributed by atoms with Crippen molar-refractivity contribution in [3.05, 3.63) is 67.0 Å². The topological polar surface area (TPSA) is 75.5 Å². The van der Waals surface area contributed by atoms with Gasteiger partial charge < -0.3 is 9.30 Å². The van der Waals surface area contributed by atoms with Crippen molar-refractivity contribution in [2.24, 2.45) is 7.05 Å².